The fourth-order valence-corrected chi connectivity index (χ4v) is 4.20. The van der Waals surface area contributed by atoms with Crippen LogP contribution < -0.4 is 15.4 Å². The van der Waals surface area contributed by atoms with Crippen molar-refractivity contribution in [1.82, 2.24) is 25.1 Å². The molecule has 0 fully saturated rings. The minimum atomic E-state index is -0.154. The van der Waals surface area contributed by atoms with Gasteiger partial charge in [-0.1, -0.05) is 36.4 Å². The van der Waals surface area contributed by atoms with Gasteiger partial charge in [-0.3, -0.25) is 14.5 Å². The van der Waals surface area contributed by atoms with Crippen LogP contribution in [0.25, 0.3) is 0 Å². The quantitative estimate of drug-likeness (QED) is 0.572. The van der Waals surface area contributed by atoms with Gasteiger partial charge in [-0.05, 0) is 37.0 Å². The molecular weight excluding hydrogens is 442 g/mol. The molecule has 2 amide bonds. The first-order chi connectivity index (χ1) is 17.2. The van der Waals surface area contributed by atoms with Gasteiger partial charge in [0, 0.05) is 56.2 Å². The van der Waals surface area contributed by atoms with Crippen molar-refractivity contribution in [3.05, 3.63) is 83.9 Å². The fourth-order valence-electron chi connectivity index (χ4n) is 4.20. The minimum Gasteiger partial charge on any atom is -0.493 e. The maximum Gasteiger partial charge on any atom is 0.251 e. The maximum absolute atomic E-state index is 13.2. The molecule has 184 valence electrons. The number of imidazole rings is 1. The summed E-state index contributed by atoms with van der Waals surface area (Å²) < 4.78 is 8.08. The number of nitrogens with one attached hydrogen (secondary N) is 2. The number of benzene rings is 2. The second-order valence-corrected chi connectivity index (χ2v) is 8.73. The van der Waals surface area contributed by atoms with Gasteiger partial charge in [0.05, 0.1) is 19.5 Å². The van der Waals surface area contributed by atoms with E-state index >= 15 is 0 Å². The molecule has 8 heteroatoms. The smallest absolute Gasteiger partial charge is 0.251 e. The Labute approximate surface area is 206 Å². The molecule has 0 spiro atoms. The van der Waals surface area contributed by atoms with Gasteiger partial charge in [0.1, 0.15) is 5.75 Å². The lowest BCUT2D eigenvalue weighted by Crippen LogP contribution is -2.37. The maximum atomic E-state index is 13.2. The normalized spacial score (nSPS) is 15.5. The highest BCUT2D eigenvalue weighted by Crippen LogP contribution is 2.26. The fraction of sp³-hybridized carbons (Fsp3) is 0.370. The van der Waals surface area contributed by atoms with E-state index < -0.39 is 0 Å². The van der Waals surface area contributed by atoms with E-state index in [0.29, 0.717) is 50.6 Å². The van der Waals surface area contributed by atoms with E-state index in [1.807, 2.05) is 59.3 Å². The van der Waals surface area contributed by atoms with Crippen molar-refractivity contribution < 1.29 is 14.3 Å². The molecule has 2 aromatic carbocycles. The second-order valence-electron chi connectivity index (χ2n) is 8.73. The number of nitrogens with zero attached hydrogens (tertiary/aromatic N) is 3. The third kappa shape index (κ3) is 7.42. The van der Waals surface area contributed by atoms with Gasteiger partial charge in [-0.25, -0.2) is 4.98 Å². The minimum absolute atomic E-state index is 0.00934. The molecule has 8 nitrogen and oxygen atoms in total. The van der Waals surface area contributed by atoms with E-state index in [1.54, 1.807) is 12.5 Å². The van der Waals surface area contributed by atoms with Gasteiger partial charge in [-0.15, -0.1) is 0 Å². The SMILES string of the molecule is O=C1CN(Cc2ccccc2)Cc2c(cccc2C(=O)NCCn2ccnc2)OCCCCCN1. The Morgan fingerprint density at radius 1 is 1.06 bits per heavy atom. The van der Waals surface area contributed by atoms with Crippen LogP contribution >= 0.6 is 0 Å². The third-order valence-electron chi connectivity index (χ3n) is 5.99. The highest BCUT2D eigenvalue weighted by molar-refractivity contribution is 5.96. The van der Waals surface area contributed by atoms with Crippen LogP contribution in [0, 0.1) is 0 Å². The van der Waals surface area contributed by atoms with Crippen molar-refractivity contribution in [3.63, 3.8) is 0 Å². The summed E-state index contributed by atoms with van der Waals surface area (Å²) >= 11 is 0. The second kappa shape index (κ2) is 12.7. The molecular formula is C27H33N5O3. The van der Waals surface area contributed by atoms with Crippen LogP contribution in [0.15, 0.2) is 67.3 Å². The molecule has 35 heavy (non-hydrogen) atoms. The molecule has 4 rings (SSSR count). The van der Waals surface area contributed by atoms with Gasteiger partial charge >= 0.3 is 0 Å². The number of ether oxygens (including phenoxy) is 1. The van der Waals surface area contributed by atoms with E-state index in [4.69, 9.17) is 4.74 Å². The highest BCUT2D eigenvalue weighted by atomic mass is 16.5. The summed E-state index contributed by atoms with van der Waals surface area (Å²) in [6, 6.07) is 15.7. The van der Waals surface area contributed by atoms with Crippen molar-refractivity contribution >= 4 is 11.8 Å². The number of hydrogen-bond acceptors (Lipinski definition) is 5. The van der Waals surface area contributed by atoms with Crippen molar-refractivity contribution in [2.24, 2.45) is 0 Å². The van der Waals surface area contributed by atoms with Crippen LogP contribution in [0.3, 0.4) is 0 Å². The van der Waals surface area contributed by atoms with Gasteiger partial charge < -0.3 is 19.9 Å². The van der Waals surface area contributed by atoms with E-state index in [0.717, 1.165) is 30.4 Å². The van der Waals surface area contributed by atoms with E-state index in [9.17, 15) is 9.59 Å². The summed E-state index contributed by atoms with van der Waals surface area (Å²) in [5, 5.41) is 6.05. The average Bonchev–Trinajstić information content (AvgIpc) is 3.38. The van der Waals surface area contributed by atoms with Crippen LogP contribution in [0.1, 0.15) is 40.7 Å². The molecule has 2 N–H and O–H groups in total. The summed E-state index contributed by atoms with van der Waals surface area (Å²) in [5.74, 6) is 0.536. The molecule has 2 heterocycles. The Morgan fingerprint density at radius 3 is 2.77 bits per heavy atom. The summed E-state index contributed by atoms with van der Waals surface area (Å²) in [6.45, 7) is 3.60. The molecule has 1 aliphatic heterocycles. The molecule has 1 aliphatic rings. The standard InChI is InChI=1S/C27H33N5O3/c33-26-20-32(18-22-8-3-1-4-9-22)19-24-23(27(34)30-14-16-31-15-13-28-21-31)10-7-11-25(24)35-17-6-2-5-12-29-26/h1,3-4,7-11,13,15,21H,2,5-6,12,14,16-20H2,(H,29,33)(H,30,34). The first-order valence-corrected chi connectivity index (χ1v) is 12.2. The predicted octanol–water partition coefficient (Wildman–Crippen LogP) is 2.99. The number of aromatic nitrogens is 2. The van der Waals surface area contributed by atoms with Crippen LogP contribution in [-0.2, 0) is 24.4 Å². The molecule has 0 saturated heterocycles. The first-order valence-electron chi connectivity index (χ1n) is 12.2. The lowest BCUT2D eigenvalue weighted by molar-refractivity contribution is -0.122. The lowest BCUT2D eigenvalue weighted by atomic mass is 10.0. The molecule has 1 aromatic heterocycles. The lowest BCUT2D eigenvalue weighted by Gasteiger charge is -2.24. The number of carbonyl (C=O) groups is 2. The topological polar surface area (TPSA) is 88.5 Å². The summed E-state index contributed by atoms with van der Waals surface area (Å²) in [7, 11) is 0. The van der Waals surface area contributed by atoms with E-state index in [-0.39, 0.29) is 18.4 Å². The Balaban J connectivity index is 1.58. The largest absolute Gasteiger partial charge is 0.493 e. The van der Waals surface area contributed by atoms with Crippen molar-refractivity contribution in [2.45, 2.75) is 38.9 Å². The Kier molecular flexibility index (Phi) is 8.89. The van der Waals surface area contributed by atoms with E-state index in [1.165, 1.54) is 0 Å². The number of rotatable bonds is 6. The number of amides is 2. The molecule has 0 atom stereocenters. The summed E-state index contributed by atoms with van der Waals surface area (Å²) in [6.07, 6.45) is 8.09. The van der Waals surface area contributed by atoms with Gasteiger partial charge in [-0.2, -0.15) is 0 Å². The Hall–Kier alpha value is -3.65. The van der Waals surface area contributed by atoms with Crippen LogP contribution in [0.2, 0.25) is 0 Å². The summed E-state index contributed by atoms with van der Waals surface area (Å²) in [5.41, 5.74) is 2.48. The monoisotopic (exact) mass is 475 g/mol. The van der Waals surface area contributed by atoms with Gasteiger partial charge in [0.2, 0.25) is 5.91 Å². The number of fused-ring (bicyclic) bond motifs is 1. The van der Waals surface area contributed by atoms with Crippen molar-refractivity contribution in [3.8, 4) is 5.75 Å². The van der Waals surface area contributed by atoms with Crippen molar-refractivity contribution in [2.75, 3.05) is 26.2 Å². The van der Waals surface area contributed by atoms with Gasteiger partial charge in [0.15, 0.2) is 0 Å². The molecule has 3 aromatic rings. The third-order valence-corrected chi connectivity index (χ3v) is 5.99. The number of hydrogen-bond donors (Lipinski definition) is 2. The van der Waals surface area contributed by atoms with Crippen LogP contribution in [-0.4, -0.2) is 52.5 Å². The zero-order valence-electron chi connectivity index (χ0n) is 20.0. The highest BCUT2D eigenvalue weighted by Gasteiger charge is 2.21. The molecule has 0 saturated carbocycles. The Morgan fingerprint density at radius 2 is 1.94 bits per heavy atom. The zero-order chi connectivity index (χ0) is 24.3. The Bertz CT molecular complexity index is 1090. The van der Waals surface area contributed by atoms with Gasteiger partial charge in [0.25, 0.3) is 5.91 Å². The van der Waals surface area contributed by atoms with Crippen LogP contribution in [0.5, 0.6) is 5.75 Å². The first kappa shape index (κ1) is 24.5. The van der Waals surface area contributed by atoms with E-state index in [2.05, 4.69) is 20.5 Å². The van der Waals surface area contributed by atoms with Crippen LogP contribution in [0.4, 0.5) is 0 Å². The summed E-state index contributed by atoms with van der Waals surface area (Å²) in [4.78, 5) is 32.0. The average molecular weight is 476 g/mol. The molecule has 0 unspecified atom stereocenters. The predicted molar refractivity (Wildman–Crippen MR) is 134 cm³/mol. The number of carbonyl (C=O) groups excluding carboxylic acids is 2. The molecule has 0 aliphatic carbocycles. The van der Waals surface area contributed by atoms with Crippen molar-refractivity contribution in [1.29, 1.82) is 0 Å². The molecule has 0 radical (unpaired) electrons. The molecule has 0 bridgehead atoms. The zero-order valence-corrected chi connectivity index (χ0v) is 20.0.